The molecule has 0 spiro atoms. The summed E-state index contributed by atoms with van der Waals surface area (Å²) in [5.74, 6) is 5.84. The van der Waals surface area contributed by atoms with Crippen LogP contribution in [0.4, 0.5) is 0 Å². The first-order valence-electron chi connectivity index (χ1n) is 5.87. The van der Waals surface area contributed by atoms with E-state index in [4.69, 9.17) is 5.84 Å². The summed E-state index contributed by atoms with van der Waals surface area (Å²) < 4.78 is 0. The van der Waals surface area contributed by atoms with Crippen LogP contribution in [0.15, 0.2) is 0 Å². The lowest BCUT2D eigenvalue weighted by atomic mass is 9.97. The topological polar surface area (TPSA) is 58.4 Å². The lowest BCUT2D eigenvalue weighted by Gasteiger charge is -2.34. The fourth-order valence-electron chi connectivity index (χ4n) is 2.06. The number of piperidine rings is 1. The van der Waals surface area contributed by atoms with E-state index in [1.54, 1.807) is 0 Å². The Balaban J connectivity index is 2.22. The van der Waals surface area contributed by atoms with E-state index in [0.29, 0.717) is 12.5 Å². The highest BCUT2D eigenvalue weighted by atomic mass is 16.2. The van der Waals surface area contributed by atoms with Crippen molar-refractivity contribution in [2.75, 3.05) is 13.1 Å². The van der Waals surface area contributed by atoms with Crippen molar-refractivity contribution in [1.29, 1.82) is 0 Å². The lowest BCUT2D eigenvalue weighted by Crippen LogP contribution is -2.40. The second-order valence-corrected chi connectivity index (χ2v) is 4.67. The molecule has 1 heterocycles. The van der Waals surface area contributed by atoms with E-state index >= 15 is 0 Å². The third-order valence-corrected chi connectivity index (χ3v) is 3.39. The number of likely N-dealkylation sites (tertiary alicyclic amines) is 1. The van der Waals surface area contributed by atoms with Gasteiger partial charge in [0.25, 0.3) is 0 Å². The predicted molar refractivity (Wildman–Crippen MR) is 61.0 cm³/mol. The molecule has 4 heteroatoms. The number of nitrogens with zero attached hydrogens (tertiary/aromatic N) is 1. The van der Waals surface area contributed by atoms with Gasteiger partial charge in [-0.15, -0.1) is 0 Å². The van der Waals surface area contributed by atoms with Crippen LogP contribution in [0.2, 0.25) is 0 Å². The summed E-state index contributed by atoms with van der Waals surface area (Å²) in [6.07, 6.45) is 4.00. The Labute approximate surface area is 92.2 Å². The molecule has 15 heavy (non-hydrogen) atoms. The fourth-order valence-corrected chi connectivity index (χ4v) is 2.06. The molecule has 1 amide bonds. The fraction of sp³-hybridized carbons (Fsp3) is 0.909. The minimum atomic E-state index is -0.0628. The van der Waals surface area contributed by atoms with Crippen LogP contribution < -0.4 is 11.3 Å². The Bertz CT molecular complexity index is 200. The zero-order valence-electron chi connectivity index (χ0n) is 9.83. The molecule has 0 saturated carbocycles. The van der Waals surface area contributed by atoms with E-state index < -0.39 is 0 Å². The minimum Gasteiger partial charge on any atom is -0.301 e. The Kier molecular flexibility index (Phi) is 5.05. The van der Waals surface area contributed by atoms with Crippen molar-refractivity contribution in [3.05, 3.63) is 0 Å². The van der Waals surface area contributed by atoms with Crippen molar-refractivity contribution in [1.82, 2.24) is 10.3 Å². The van der Waals surface area contributed by atoms with E-state index in [9.17, 15) is 4.79 Å². The van der Waals surface area contributed by atoms with Gasteiger partial charge in [0.05, 0.1) is 0 Å². The average molecular weight is 213 g/mol. The summed E-state index contributed by atoms with van der Waals surface area (Å²) in [5.41, 5.74) is 2.17. The van der Waals surface area contributed by atoms with Crippen molar-refractivity contribution in [3.8, 4) is 0 Å². The maximum absolute atomic E-state index is 11.0. The van der Waals surface area contributed by atoms with Crippen LogP contribution in [-0.4, -0.2) is 29.9 Å². The molecule has 0 aliphatic carbocycles. The lowest BCUT2D eigenvalue weighted by molar-refractivity contribution is -0.121. The smallest absolute Gasteiger partial charge is 0.233 e. The van der Waals surface area contributed by atoms with Crippen LogP contribution in [-0.2, 0) is 4.79 Å². The molecule has 1 aliphatic heterocycles. The highest BCUT2D eigenvalue weighted by Crippen LogP contribution is 2.19. The van der Waals surface area contributed by atoms with E-state index in [1.807, 2.05) is 0 Å². The summed E-state index contributed by atoms with van der Waals surface area (Å²) in [5, 5.41) is 0. The first-order chi connectivity index (χ1) is 7.13. The number of amides is 1. The Morgan fingerprint density at radius 1 is 1.53 bits per heavy atom. The van der Waals surface area contributed by atoms with Gasteiger partial charge in [-0.1, -0.05) is 6.92 Å². The zero-order valence-corrected chi connectivity index (χ0v) is 9.83. The highest BCUT2D eigenvalue weighted by Gasteiger charge is 2.20. The summed E-state index contributed by atoms with van der Waals surface area (Å²) in [7, 11) is 0. The first kappa shape index (κ1) is 12.5. The molecule has 88 valence electrons. The van der Waals surface area contributed by atoms with Crippen LogP contribution in [0.1, 0.15) is 39.5 Å². The maximum Gasteiger partial charge on any atom is 0.233 e. The van der Waals surface area contributed by atoms with Crippen LogP contribution in [0.25, 0.3) is 0 Å². The molecule has 0 radical (unpaired) electrons. The van der Waals surface area contributed by atoms with E-state index in [1.165, 1.54) is 25.9 Å². The molecule has 0 aromatic carbocycles. The molecule has 1 fully saturated rings. The highest BCUT2D eigenvalue weighted by molar-refractivity contribution is 5.75. The second-order valence-electron chi connectivity index (χ2n) is 4.67. The summed E-state index contributed by atoms with van der Waals surface area (Å²) in [4.78, 5) is 13.5. The van der Waals surface area contributed by atoms with Gasteiger partial charge in [0.2, 0.25) is 5.91 Å². The van der Waals surface area contributed by atoms with E-state index in [-0.39, 0.29) is 5.91 Å². The van der Waals surface area contributed by atoms with Gasteiger partial charge < -0.3 is 4.90 Å². The van der Waals surface area contributed by atoms with Crippen LogP contribution >= 0.6 is 0 Å². The zero-order chi connectivity index (χ0) is 11.3. The number of nitrogens with one attached hydrogen (secondary N) is 1. The van der Waals surface area contributed by atoms with Crippen molar-refractivity contribution in [2.24, 2.45) is 11.8 Å². The molecule has 3 N–H and O–H groups in total. The van der Waals surface area contributed by atoms with Crippen LogP contribution in [0.3, 0.4) is 0 Å². The van der Waals surface area contributed by atoms with Gasteiger partial charge in [-0.05, 0) is 45.2 Å². The molecule has 0 aromatic heterocycles. The van der Waals surface area contributed by atoms with Gasteiger partial charge in [0.1, 0.15) is 0 Å². The molecule has 0 aromatic rings. The first-order valence-corrected chi connectivity index (χ1v) is 5.87. The van der Waals surface area contributed by atoms with Crippen LogP contribution in [0.5, 0.6) is 0 Å². The molecule has 1 saturated heterocycles. The average Bonchev–Trinajstić information content (AvgIpc) is 2.26. The molecule has 0 bridgehead atoms. The number of hydrogen-bond acceptors (Lipinski definition) is 3. The van der Waals surface area contributed by atoms with Gasteiger partial charge in [-0.2, -0.15) is 0 Å². The summed E-state index contributed by atoms with van der Waals surface area (Å²) in [6, 6.07) is 0.495. The molecule has 1 aliphatic rings. The summed E-state index contributed by atoms with van der Waals surface area (Å²) >= 11 is 0. The van der Waals surface area contributed by atoms with Crippen molar-refractivity contribution < 1.29 is 4.79 Å². The largest absolute Gasteiger partial charge is 0.301 e. The van der Waals surface area contributed by atoms with E-state index in [0.717, 1.165) is 12.3 Å². The van der Waals surface area contributed by atoms with Gasteiger partial charge in [-0.25, -0.2) is 5.84 Å². The molecule has 1 rings (SSSR count). The molecular formula is C11H23N3O. The van der Waals surface area contributed by atoms with E-state index in [2.05, 4.69) is 24.2 Å². The van der Waals surface area contributed by atoms with Crippen molar-refractivity contribution >= 4 is 5.91 Å². The third-order valence-electron chi connectivity index (χ3n) is 3.39. The molecule has 4 nitrogen and oxygen atoms in total. The van der Waals surface area contributed by atoms with Gasteiger partial charge >= 0.3 is 0 Å². The molecular weight excluding hydrogens is 190 g/mol. The molecule has 1 atom stereocenters. The normalized spacial score (nSPS) is 21.3. The number of carbonyl (C=O) groups is 1. The standard InChI is InChI=1S/C11H23N3O/c1-9-5-7-14(8-6-9)10(2)3-4-11(15)13-12/h9-10H,3-8,12H2,1-2H3,(H,13,15). The monoisotopic (exact) mass is 213 g/mol. The number of rotatable bonds is 4. The number of hydrazine groups is 1. The van der Waals surface area contributed by atoms with Gasteiger partial charge in [0.15, 0.2) is 0 Å². The molecule has 1 unspecified atom stereocenters. The number of nitrogens with two attached hydrogens (primary N) is 1. The minimum absolute atomic E-state index is 0.0628. The van der Waals surface area contributed by atoms with Crippen molar-refractivity contribution in [3.63, 3.8) is 0 Å². The Morgan fingerprint density at radius 3 is 2.67 bits per heavy atom. The van der Waals surface area contributed by atoms with Gasteiger partial charge in [-0.3, -0.25) is 10.2 Å². The third kappa shape index (κ3) is 4.18. The number of carbonyl (C=O) groups excluding carboxylic acids is 1. The Morgan fingerprint density at radius 2 is 2.13 bits per heavy atom. The maximum atomic E-state index is 11.0. The second kappa shape index (κ2) is 6.08. The predicted octanol–water partition coefficient (Wildman–Crippen LogP) is 0.877. The number of hydrogen-bond donors (Lipinski definition) is 2. The van der Waals surface area contributed by atoms with Crippen molar-refractivity contribution in [2.45, 2.75) is 45.6 Å². The quantitative estimate of drug-likeness (QED) is 0.414. The van der Waals surface area contributed by atoms with Crippen LogP contribution in [0, 0.1) is 5.92 Å². The Hall–Kier alpha value is -0.610. The van der Waals surface area contributed by atoms with Gasteiger partial charge in [0, 0.05) is 12.5 Å². The SMILES string of the molecule is CC1CCN(C(C)CCC(=O)NN)CC1. The summed E-state index contributed by atoms with van der Waals surface area (Å²) in [6.45, 7) is 6.85.